The summed E-state index contributed by atoms with van der Waals surface area (Å²) in [7, 11) is 0. The highest BCUT2D eigenvalue weighted by molar-refractivity contribution is 5.88. The van der Waals surface area contributed by atoms with Crippen LogP contribution in [0.2, 0.25) is 0 Å². The third kappa shape index (κ3) is 4.41. The van der Waals surface area contributed by atoms with Gasteiger partial charge < -0.3 is 14.6 Å². The second-order valence-electron chi connectivity index (χ2n) is 3.96. The standard InChI is InChI=1S/C14H9F3O4/c15-14(16,17)21-12-6-2-5-11(8-12)20-10-4-1-3-9(7-10)13(18)19/h1-8H,(H,18,19). The molecule has 1 N–H and O–H groups in total. The van der Waals surface area contributed by atoms with Gasteiger partial charge >= 0.3 is 12.3 Å². The number of rotatable bonds is 4. The summed E-state index contributed by atoms with van der Waals surface area (Å²) in [4.78, 5) is 10.8. The second kappa shape index (κ2) is 5.74. The van der Waals surface area contributed by atoms with Crippen molar-refractivity contribution in [3.63, 3.8) is 0 Å². The van der Waals surface area contributed by atoms with Crippen molar-refractivity contribution in [1.82, 2.24) is 0 Å². The Hall–Kier alpha value is -2.70. The predicted octanol–water partition coefficient (Wildman–Crippen LogP) is 4.08. The molecular weight excluding hydrogens is 289 g/mol. The molecule has 0 saturated carbocycles. The summed E-state index contributed by atoms with van der Waals surface area (Å²) in [6, 6.07) is 10.5. The van der Waals surface area contributed by atoms with Crippen LogP contribution in [0.15, 0.2) is 48.5 Å². The molecule has 0 aliphatic heterocycles. The van der Waals surface area contributed by atoms with Crippen molar-refractivity contribution in [3.05, 3.63) is 54.1 Å². The molecule has 2 rings (SSSR count). The smallest absolute Gasteiger partial charge is 0.478 e. The Morgan fingerprint density at radius 3 is 2.14 bits per heavy atom. The predicted molar refractivity (Wildman–Crippen MR) is 66.6 cm³/mol. The number of hydrogen-bond donors (Lipinski definition) is 1. The van der Waals surface area contributed by atoms with Crippen LogP contribution in [-0.4, -0.2) is 17.4 Å². The van der Waals surface area contributed by atoms with Gasteiger partial charge in [0, 0.05) is 6.07 Å². The maximum absolute atomic E-state index is 12.1. The van der Waals surface area contributed by atoms with Gasteiger partial charge in [0.15, 0.2) is 0 Å². The van der Waals surface area contributed by atoms with Gasteiger partial charge in [-0.3, -0.25) is 0 Å². The van der Waals surface area contributed by atoms with Crippen molar-refractivity contribution in [2.75, 3.05) is 0 Å². The summed E-state index contributed by atoms with van der Waals surface area (Å²) in [6.45, 7) is 0. The maximum Gasteiger partial charge on any atom is 0.573 e. The van der Waals surface area contributed by atoms with Crippen molar-refractivity contribution < 1.29 is 32.5 Å². The molecule has 0 radical (unpaired) electrons. The number of carboxylic acids is 1. The lowest BCUT2D eigenvalue weighted by molar-refractivity contribution is -0.274. The topological polar surface area (TPSA) is 55.8 Å². The summed E-state index contributed by atoms with van der Waals surface area (Å²) in [5.74, 6) is -1.26. The first-order valence-electron chi connectivity index (χ1n) is 5.70. The van der Waals surface area contributed by atoms with Crippen LogP contribution in [0, 0.1) is 0 Å². The normalized spacial score (nSPS) is 11.0. The molecule has 0 atom stereocenters. The first-order chi connectivity index (χ1) is 9.83. The molecule has 0 saturated heterocycles. The molecule has 0 amide bonds. The average molecular weight is 298 g/mol. The molecule has 4 nitrogen and oxygen atoms in total. The Balaban J connectivity index is 2.18. The number of carboxylic acid groups (broad SMARTS) is 1. The maximum atomic E-state index is 12.1. The third-order valence-corrected chi connectivity index (χ3v) is 2.36. The van der Waals surface area contributed by atoms with E-state index in [4.69, 9.17) is 9.84 Å². The first-order valence-corrected chi connectivity index (χ1v) is 5.70. The highest BCUT2D eigenvalue weighted by Crippen LogP contribution is 2.29. The van der Waals surface area contributed by atoms with E-state index in [2.05, 4.69) is 4.74 Å². The number of ether oxygens (including phenoxy) is 2. The minimum absolute atomic E-state index is 0.00944. The number of alkyl halides is 3. The Bertz CT molecular complexity index is 653. The lowest BCUT2D eigenvalue weighted by Crippen LogP contribution is -2.17. The van der Waals surface area contributed by atoms with Crippen LogP contribution in [0.4, 0.5) is 13.2 Å². The molecule has 0 heterocycles. The molecule has 0 bridgehead atoms. The zero-order valence-electron chi connectivity index (χ0n) is 10.4. The van der Waals surface area contributed by atoms with E-state index in [1.807, 2.05) is 0 Å². The molecule has 0 aliphatic carbocycles. The molecule has 7 heteroatoms. The minimum atomic E-state index is -4.79. The van der Waals surface area contributed by atoms with E-state index in [0.29, 0.717) is 0 Å². The van der Waals surface area contributed by atoms with Gasteiger partial charge in [0.25, 0.3) is 0 Å². The van der Waals surface area contributed by atoms with Crippen molar-refractivity contribution in [3.8, 4) is 17.2 Å². The van der Waals surface area contributed by atoms with Crippen molar-refractivity contribution in [2.45, 2.75) is 6.36 Å². The van der Waals surface area contributed by atoms with Gasteiger partial charge in [0.05, 0.1) is 5.56 Å². The quantitative estimate of drug-likeness (QED) is 0.924. The van der Waals surface area contributed by atoms with E-state index in [9.17, 15) is 18.0 Å². The summed E-state index contributed by atoms with van der Waals surface area (Å²) in [6.07, 6.45) is -4.79. The number of benzene rings is 2. The van der Waals surface area contributed by atoms with Gasteiger partial charge in [0.1, 0.15) is 17.2 Å². The molecule has 0 aliphatic rings. The molecule has 0 aromatic heterocycles. The molecule has 0 fully saturated rings. The SMILES string of the molecule is O=C(O)c1cccc(Oc2cccc(OC(F)(F)F)c2)c1. The van der Waals surface area contributed by atoms with Crippen LogP contribution in [0.5, 0.6) is 17.2 Å². The van der Waals surface area contributed by atoms with E-state index in [1.165, 1.54) is 36.4 Å². The average Bonchev–Trinajstić information content (AvgIpc) is 2.37. The van der Waals surface area contributed by atoms with E-state index < -0.39 is 18.1 Å². The molecule has 2 aromatic carbocycles. The van der Waals surface area contributed by atoms with Crippen molar-refractivity contribution >= 4 is 5.97 Å². The molecule has 110 valence electrons. The fourth-order valence-corrected chi connectivity index (χ4v) is 1.56. The van der Waals surface area contributed by atoms with Crippen LogP contribution in [0.25, 0.3) is 0 Å². The zero-order valence-corrected chi connectivity index (χ0v) is 10.4. The number of halogens is 3. The third-order valence-electron chi connectivity index (χ3n) is 2.36. The first kappa shape index (κ1) is 14.7. The Labute approximate surface area is 117 Å². The lowest BCUT2D eigenvalue weighted by atomic mass is 10.2. The Morgan fingerprint density at radius 2 is 1.52 bits per heavy atom. The molecule has 0 unspecified atom stereocenters. The second-order valence-corrected chi connectivity index (χ2v) is 3.96. The van der Waals surface area contributed by atoms with Crippen LogP contribution in [0.1, 0.15) is 10.4 Å². The summed E-state index contributed by atoms with van der Waals surface area (Å²) in [5, 5.41) is 8.85. The van der Waals surface area contributed by atoms with E-state index in [1.54, 1.807) is 0 Å². The van der Waals surface area contributed by atoms with Crippen molar-refractivity contribution in [2.24, 2.45) is 0 Å². The minimum Gasteiger partial charge on any atom is -0.478 e. The fourth-order valence-electron chi connectivity index (χ4n) is 1.56. The fraction of sp³-hybridized carbons (Fsp3) is 0.0714. The van der Waals surface area contributed by atoms with Gasteiger partial charge in [-0.25, -0.2) is 4.79 Å². The summed E-state index contributed by atoms with van der Waals surface area (Å²) >= 11 is 0. The monoisotopic (exact) mass is 298 g/mol. The van der Waals surface area contributed by atoms with Gasteiger partial charge in [-0.1, -0.05) is 12.1 Å². The Kier molecular flexibility index (Phi) is 4.02. The number of aromatic carboxylic acids is 1. The van der Waals surface area contributed by atoms with Crippen molar-refractivity contribution in [1.29, 1.82) is 0 Å². The highest BCUT2D eigenvalue weighted by Gasteiger charge is 2.31. The molecule has 0 spiro atoms. The lowest BCUT2D eigenvalue weighted by Gasteiger charge is -2.11. The van der Waals surface area contributed by atoms with Gasteiger partial charge in [0.2, 0.25) is 0 Å². The van der Waals surface area contributed by atoms with Gasteiger partial charge in [-0.2, -0.15) is 0 Å². The number of carbonyl (C=O) groups is 1. The molecule has 2 aromatic rings. The van der Waals surface area contributed by atoms with E-state index in [-0.39, 0.29) is 17.1 Å². The van der Waals surface area contributed by atoms with Gasteiger partial charge in [-0.15, -0.1) is 13.2 Å². The van der Waals surface area contributed by atoms with Crippen LogP contribution in [0.3, 0.4) is 0 Å². The van der Waals surface area contributed by atoms with Crippen LogP contribution >= 0.6 is 0 Å². The van der Waals surface area contributed by atoms with E-state index >= 15 is 0 Å². The van der Waals surface area contributed by atoms with Crippen LogP contribution < -0.4 is 9.47 Å². The van der Waals surface area contributed by atoms with Gasteiger partial charge in [-0.05, 0) is 30.3 Å². The summed E-state index contributed by atoms with van der Waals surface area (Å²) in [5.41, 5.74) is 0.00944. The zero-order chi connectivity index (χ0) is 15.5. The van der Waals surface area contributed by atoms with E-state index in [0.717, 1.165) is 12.1 Å². The molecular formula is C14H9F3O4. The highest BCUT2D eigenvalue weighted by atomic mass is 19.4. The van der Waals surface area contributed by atoms with Crippen LogP contribution in [-0.2, 0) is 0 Å². The number of hydrogen-bond acceptors (Lipinski definition) is 3. The summed E-state index contributed by atoms with van der Waals surface area (Å²) < 4.78 is 45.4. The largest absolute Gasteiger partial charge is 0.573 e. The Morgan fingerprint density at radius 1 is 0.952 bits per heavy atom. The molecule has 21 heavy (non-hydrogen) atoms.